The molecule has 1 saturated heterocycles. The number of amides is 2. The Labute approximate surface area is 192 Å². The lowest BCUT2D eigenvalue weighted by Crippen LogP contribution is -2.59. The van der Waals surface area contributed by atoms with Crippen molar-refractivity contribution < 1.29 is 29.0 Å². The number of aromatic nitrogens is 1. The lowest BCUT2D eigenvalue weighted by Gasteiger charge is -2.36. The largest absolute Gasteiger partial charge is 0.478 e. The SMILES string of the molecule is CC(C)[C@H](N)C(=O)N1CCC[C@H]1C(=O)N[C@@](CO)(c1nc2cc(C(=O)O)ccc2o1)C(C)C. The molecule has 0 bridgehead atoms. The van der Waals surface area contributed by atoms with E-state index in [2.05, 4.69) is 10.3 Å². The van der Waals surface area contributed by atoms with Crippen LogP contribution in [0, 0.1) is 11.8 Å². The number of carboxylic acid groups (broad SMARTS) is 1. The topological polar surface area (TPSA) is 159 Å². The van der Waals surface area contributed by atoms with Gasteiger partial charge in [0, 0.05) is 6.54 Å². The Balaban J connectivity index is 1.93. The summed E-state index contributed by atoms with van der Waals surface area (Å²) in [6.45, 7) is 7.26. The fourth-order valence-corrected chi connectivity index (χ4v) is 4.07. The molecule has 0 saturated carbocycles. The number of fused-ring (bicyclic) bond motifs is 1. The average molecular weight is 461 g/mol. The van der Waals surface area contributed by atoms with E-state index in [4.69, 9.17) is 10.2 Å². The zero-order valence-electron chi connectivity index (χ0n) is 19.4. The summed E-state index contributed by atoms with van der Waals surface area (Å²) in [6, 6.07) is 2.85. The fourth-order valence-electron chi connectivity index (χ4n) is 4.07. The average Bonchev–Trinajstić information content (AvgIpc) is 3.42. The number of nitrogens with zero attached hydrogens (tertiary/aromatic N) is 2. The monoisotopic (exact) mass is 460 g/mol. The number of nitrogens with one attached hydrogen (secondary N) is 1. The highest BCUT2D eigenvalue weighted by Gasteiger charge is 2.45. The summed E-state index contributed by atoms with van der Waals surface area (Å²) in [5.74, 6) is -2.12. The molecule has 0 radical (unpaired) electrons. The zero-order valence-corrected chi connectivity index (χ0v) is 19.4. The lowest BCUT2D eigenvalue weighted by molar-refractivity contribution is -0.141. The Hall–Kier alpha value is -2.98. The Morgan fingerprint density at radius 3 is 2.58 bits per heavy atom. The first kappa shape index (κ1) is 24.7. The van der Waals surface area contributed by atoms with Gasteiger partial charge in [0.05, 0.1) is 18.2 Å². The summed E-state index contributed by atoms with van der Waals surface area (Å²) in [5, 5.41) is 22.5. The second-order valence-corrected chi connectivity index (χ2v) is 9.24. The van der Waals surface area contributed by atoms with E-state index in [1.54, 1.807) is 13.8 Å². The van der Waals surface area contributed by atoms with E-state index in [9.17, 15) is 24.6 Å². The molecule has 1 aromatic carbocycles. The maximum Gasteiger partial charge on any atom is 0.335 e. The molecule has 0 spiro atoms. The number of oxazole rings is 1. The molecule has 0 unspecified atom stereocenters. The molecule has 3 rings (SSSR count). The fraction of sp³-hybridized carbons (Fsp3) is 0.565. The number of nitrogens with two attached hydrogens (primary N) is 1. The first-order valence-corrected chi connectivity index (χ1v) is 11.1. The van der Waals surface area contributed by atoms with Gasteiger partial charge in [0.15, 0.2) is 5.58 Å². The molecule has 5 N–H and O–H groups in total. The van der Waals surface area contributed by atoms with Gasteiger partial charge < -0.3 is 30.6 Å². The molecule has 2 amide bonds. The summed E-state index contributed by atoms with van der Waals surface area (Å²) in [7, 11) is 0. The number of hydrogen-bond donors (Lipinski definition) is 4. The van der Waals surface area contributed by atoms with Crippen LogP contribution in [-0.2, 0) is 15.1 Å². The lowest BCUT2D eigenvalue weighted by atomic mass is 9.86. The van der Waals surface area contributed by atoms with Crippen LogP contribution in [0.1, 0.15) is 56.8 Å². The van der Waals surface area contributed by atoms with E-state index in [1.165, 1.54) is 23.1 Å². The van der Waals surface area contributed by atoms with Crippen molar-refractivity contribution in [3.8, 4) is 0 Å². The van der Waals surface area contributed by atoms with Crippen molar-refractivity contribution in [3.63, 3.8) is 0 Å². The summed E-state index contributed by atoms with van der Waals surface area (Å²) >= 11 is 0. The number of rotatable bonds is 8. The van der Waals surface area contributed by atoms with Crippen LogP contribution < -0.4 is 11.1 Å². The molecule has 10 heteroatoms. The molecule has 0 aliphatic carbocycles. The van der Waals surface area contributed by atoms with Gasteiger partial charge in [-0.05, 0) is 42.9 Å². The third kappa shape index (κ3) is 4.58. The first-order chi connectivity index (χ1) is 15.5. The van der Waals surface area contributed by atoms with E-state index < -0.39 is 36.1 Å². The van der Waals surface area contributed by atoms with E-state index in [-0.39, 0.29) is 29.2 Å². The summed E-state index contributed by atoms with van der Waals surface area (Å²) in [5.41, 5.74) is 5.37. The van der Waals surface area contributed by atoms with Crippen LogP contribution in [0.15, 0.2) is 22.6 Å². The minimum absolute atomic E-state index is 0.0483. The van der Waals surface area contributed by atoms with E-state index in [0.717, 1.165) is 0 Å². The molecule has 33 heavy (non-hydrogen) atoms. The Bertz CT molecular complexity index is 1050. The van der Waals surface area contributed by atoms with Crippen LogP contribution in [0.5, 0.6) is 0 Å². The van der Waals surface area contributed by atoms with Crippen molar-refractivity contribution in [2.75, 3.05) is 13.2 Å². The predicted octanol–water partition coefficient (Wildman–Crippen LogP) is 1.46. The van der Waals surface area contributed by atoms with Gasteiger partial charge in [0.2, 0.25) is 17.7 Å². The number of carbonyl (C=O) groups excluding carboxylic acids is 2. The Kier molecular flexibility index (Phi) is 7.08. The van der Waals surface area contributed by atoms with Gasteiger partial charge in [-0.15, -0.1) is 0 Å². The van der Waals surface area contributed by atoms with Crippen molar-refractivity contribution in [1.82, 2.24) is 15.2 Å². The molecule has 3 atom stereocenters. The second kappa shape index (κ2) is 9.48. The number of hydrogen-bond acceptors (Lipinski definition) is 7. The third-order valence-corrected chi connectivity index (χ3v) is 6.44. The van der Waals surface area contributed by atoms with Gasteiger partial charge in [0.25, 0.3) is 0 Å². The molecule has 2 heterocycles. The minimum atomic E-state index is -1.36. The quantitative estimate of drug-likeness (QED) is 0.461. The molecule has 180 valence electrons. The van der Waals surface area contributed by atoms with E-state index >= 15 is 0 Å². The molecule has 2 aromatic rings. The van der Waals surface area contributed by atoms with Gasteiger partial charge in [-0.25, -0.2) is 9.78 Å². The maximum atomic E-state index is 13.4. The summed E-state index contributed by atoms with van der Waals surface area (Å²) in [4.78, 5) is 43.4. The molecule has 1 aliphatic heterocycles. The van der Waals surface area contributed by atoms with Crippen molar-refractivity contribution in [1.29, 1.82) is 0 Å². The number of aliphatic hydroxyl groups excluding tert-OH is 1. The van der Waals surface area contributed by atoms with Crippen molar-refractivity contribution in [2.45, 2.75) is 58.2 Å². The number of likely N-dealkylation sites (tertiary alicyclic amines) is 1. The predicted molar refractivity (Wildman–Crippen MR) is 120 cm³/mol. The zero-order chi connectivity index (χ0) is 24.5. The molecule has 1 fully saturated rings. The third-order valence-electron chi connectivity index (χ3n) is 6.44. The van der Waals surface area contributed by atoms with Crippen molar-refractivity contribution >= 4 is 28.9 Å². The minimum Gasteiger partial charge on any atom is -0.478 e. The number of carboxylic acids is 1. The van der Waals surface area contributed by atoms with Crippen molar-refractivity contribution in [2.24, 2.45) is 17.6 Å². The van der Waals surface area contributed by atoms with Crippen LogP contribution in [-0.4, -0.2) is 63.1 Å². The Morgan fingerprint density at radius 1 is 1.30 bits per heavy atom. The van der Waals surface area contributed by atoms with Crippen LogP contribution in [0.2, 0.25) is 0 Å². The van der Waals surface area contributed by atoms with Crippen LogP contribution in [0.3, 0.4) is 0 Å². The summed E-state index contributed by atoms with van der Waals surface area (Å²) in [6.07, 6.45) is 1.15. The maximum absolute atomic E-state index is 13.4. The smallest absolute Gasteiger partial charge is 0.335 e. The number of aliphatic hydroxyl groups is 1. The first-order valence-electron chi connectivity index (χ1n) is 11.1. The van der Waals surface area contributed by atoms with Gasteiger partial charge in [-0.2, -0.15) is 0 Å². The molecule has 1 aliphatic rings. The Morgan fingerprint density at radius 2 is 2.00 bits per heavy atom. The number of aromatic carboxylic acids is 1. The molecular weight excluding hydrogens is 428 g/mol. The van der Waals surface area contributed by atoms with Gasteiger partial charge in [-0.3, -0.25) is 9.59 Å². The highest BCUT2D eigenvalue weighted by atomic mass is 16.4. The van der Waals surface area contributed by atoms with E-state index in [1.807, 2.05) is 13.8 Å². The summed E-state index contributed by atoms with van der Waals surface area (Å²) < 4.78 is 5.85. The van der Waals surface area contributed by atoms with Gasteiger partial charge in [0.1, 0.15) is 17.1 Å². The van der Waals surface area contributed by atoms with E-state index in [0.29, 0.717) is 30.5 Å². The second-order valence-electron chi connectivity index (χ2n) is 9.24. The molecule has 10 nitrogen and oxygen atoms in total. The highest BCUT2D eigenvalue weighted by molar-refractivity contribution is 5.92. The molecule has 1 aromatic heterocycles. The van der Waals surface area contributed by atoms with Gasteiger partial charge >= 0.3 is 5.97 Å². The van der Waals surface area contributed by atoms with Gasteiger partial charge in [-0.1, -0.05) is 27.7 Å². The van der Waals surface area contributed by atoms with Crippen LogP contribution in [0.4, 0.5) is 0 Å². The molecular formula is C23H32N4O6. The highest BCUT2D eigenvalue weighted by Crippen LogP contribution is 2.33. The van der Waals surface area contributed by atoms with Crippen LogP contribution in [0.25, 0.3) is 11.1 Å². The number of carbonyl (C=O) groups is 3. The number of benzene rings is 1. The normalized spacial score (nSPS) is 19.2. The standard InChI is InChI=1S/C23H32N4O6/c1-12(2)18(24)20(30)27-9-5-6-16(27)19(29)26-23(11-28,13(3)4)22-25-15-10-14(21(31)32)7-8-17(15)33-22/h7-8,10,12-13,16,18,28H,5-6,9,11,24H2,1-4H3,(H,26,29)(H,31,32)/t16-,18-,23+/m0/s1. The van der Waals surface area contributed by atoms with Crippen molar-refractivity contribution in [3.05, 3.63) is 29.7 Å². The van der Waals surface area contributed by atoms with Crippen LogP contribution >= 0.6 is 0 Å².